The van der Waals surface area contributed by atoms with Gasteiger partial charge in [0, 0.05) is 47.4 Å². The number of para-hydroxylation sites is 2. The second-order valence-corrected chi connectivity index (χ2v) is 11.9. The Balaban J connectivity index is 1.41. The van der Waals surface area contributed by atoms with Crippen molar-refractivity contribution in [3.63, 3.8) is 0 Å². The summed E-state index contributed by atoms with van der Waals surface area (Å²) in [5.41, 5.74) is 5.30. The summed E-state index contributed by atoms with van der Waals surface area (Å²) in [5, 5.41) is 19.1. The van der Waals surface area contributed by atoms with Crippen LogP contribution in [0.2, 0.25) is 0 Å². The molecule has 0 saturated carbocycles. The first-order valence-electron chi connectivity index (χ1n) is 14.2. The van der Waals surface area contributed by atoms with Gasteiger partial charge in [-0.3, -0.25) is 0 Å². The van der Waals surface area contributed by atoms with Gasteiger partial charge in [0.1, 0.15) is 5.58 Å². The highest BCUT2D eigenvalue weighted by Crippen LogP contribution is 2.48. The van der Waals surface area contributed by atoms with E-state index in [1.165, 1.54) is 36.3 Å². The summed E-state index contributed by atoms with van der Waals surface area (Å²) in [7, 11) is 0. The zero-order valence-electron chi connectivity index (χ0n) is 22.9. The predicted molar refractivity (Wildman–Crippen MR) is 181 cm³/mol. The van der Waals surface area contributed by atoms with Crippen LogP contribution in [0.3, 0.4) is 0 Å². The Morgan fingerprint density at radius 1 is 0.558 bits per heavy atom. The van der Waals surface area contributed by atoms with Crippen molar-refractivity contribution in [3.05, 3.63) is 139 Å². The van der Waals surface area contributed by atoms with E-state index >= 15 is 0 Å². The largest absolute Gasteiger partial charge is 0.454 e. The normalized spacial score (nSPS) is 11.7. The smallest absolute Gasteiger partial charge is 0.159 e. The molecule has 0 unspecified atom stereocenters. The number of fused-ring (bicyclic) bond motifs is 9. The van der Waals surface area contributed by atoms with E-state index in [1.54, 1.807) is 0 Å². The highest BCUT2D eigenvalue weighted by Gasteiger charge is 2.23. The molecule has 2 aromatic heterocycles. The topological polar surface area (TPSA) is 40.2 Å². The maximum absolute atomic E-state index is 9.56. The van der Waals surface area contributed by atoms with E-state index in [0.29, 0.717) is 5.56 Å². The molecule has 0 saturated heterocycles. The standard InChI is InChI=1S/C39H22N2OS/c40-23-24-16-18-27(19-17-24)41(34-14-7-13-30-29-11-5-6-15-36(29)42-38(30)34)35-22-33-32-20-25-8-1-2-9-26(25)21-37(32)43-39(33)31-12-4-3-10-28(31)35/h1-22H. The first kappa shape index (κ1) is 24.0. The monoisotopic (exact) mass is 566 g/mol. The number of hydrogen-bond acceptors (Lipinski definition) is 4. The Morgan fingerprint density at radius 2 is 1.26 bits per heavy atom. The molecule has 9 aromatic rings. The van der Waals surface area contributed by atoms with Gasteiger partial charge in [-0.2, -0.15) is 5.26 Å². The first-order valence-corrected chi connectivity index (χ1v) is 15.1. The van der Waals surface area contributed by atoms with Gasteiger partial charge >= 0.3 is 0 Å². The van der Waals surface area contributed by atoms with Crippen molar-refractivity contribution >= 4 is 92.1 Å². The van der Waals surface area contributed by atoms with Crippen LogP contribution < -0.4 is 4.90 Å². The van der Waals surface area contributed by atoms with E-state index in [-0.39, 0.29) is 0 Å². The molecule has 0 spiro atoms. The summed E-state index contributed by atoms with van der Waals surface area (Å²) in [6, 6.07) is 48.9. The fourth-order valence-corrected chi connectivity index (χ4v) is 7.70. The number of benzene rings is 7. The minimum absolute atomic E-state index is 0.627. The lowest BCUT2D eigenvalue weighted by molar-refractivity contribution is 0.669. The molecule has 0 aliphatic heterocycles. The fourth-order valence-electron chi connectivity index (χ4n) is 6.45. The van der Waals surface area contributed by atoms with Gasteiger partial charge in [-0.05, 0) is 65.4 Å². The number of thiophene rings is 1. The first-order chi connectivity index (χ1) is 21.3. The van der Waals surface area contributed by atoms with Crippen LogP contribution in [0.4, 0.5) is 17.1 Å². The molecule has 43 heavy (non-hydrogen) atoms. The van der Waals surface area contributed by atoms with Gasteiger partial charge in [-0.25, -0.2) is 0 Å². The average Bonchev–Trinajstić information content (AvgIpc) is 3.63. The summed E-state index contributed by atoms with van der Waals surface area (Å²) in [4.78, 5) is 2.29. The van der Waals surface area contributed by atoms with E-state index in [9.17, 15) is 5.26 Å². The van der Waals surface area contributed by atoms with Gasteiger partial charge in [-0.1, -0.05) is 78.9 Å². The maximum atomic E-state index is 9.56. The lowest BCUT2D eigenvalue weighted by atomic mass is 10.0. The zero-order chi connectivity index (χ0) is 28.5. The van der Waals surface area contributed by atoms with Crippen LogP contribution in [0.15, 0.2) is 138 Å². The van der Waals surface area contributed by atoms with Crippen LogP contribution in [-0.2, 0) is 0 Å². The lowest BCUT2D eigenvalue weighted by Gasteiger charge is -2.27. The third kappa shape index (κ3) is 3.59. The van der Waals surface area contributed by atoms with Crippen molar-refractivity contribution in [3.8, 4) is 6.07 Å². The molecular formula is C39H22N2OS. The van der Waals surface area contributed by atoms with Crippen LogP contribution >= 0.6 is 11.3 Å². The van der Waals surface area contributed by atoms with Gasteiger partial charge in [0.15, 0.2) is 5.58 Å². The summed E-state index contributed by atoms with van der Waals surface area (Å²) in [6.07, 6.45) is 0. The molecular weight excluding hydrogens is 545 g/mol. The molecule has 0 amide bonds. The molecule has 9 rings (SSSR count). The van der Waals surface area contributed by atoms with Crippen LogP contribution in [0.25, 0.3) is 63.7 Å². The Hall–Kier alpha value is -5.63. The minimum atomic E-state index is 0.627. The van der Waals surface area contributed by atoms with E-state index in [2.05, 4.69) is 108 Å². The van der Waals surface area contributed by atoms with Gasteiger partial charge in [0.2, 0.25) is 0 Å². The number of anilines is 3. The van der Waals surface area contributed by atoms with Crippen molar-refractivity contribution in [2.75, 3.05) is 4.90 Å². The predicted octanol–water partition coefficient (Wildman–Crippen LogP) is 11.6. The Morgan fingerprint density at radius 3 is 2.07 bits per heavy atom. The second kappa shape index (κ2) is 9.19. The van der Waals surface area contributed by atoms with Gasteiger partial charge in [0.05, 0.1) is 23.0 Å². The van der Waals surface area contributed by atoms with E-state index < -0.39 is 0 Å². The maximum Gasteiger partial charge on any atom is 0.159 e. The number of rotatable bonds is 3. The molecule has 0 atom stereocenters. The van der Waals surface area contributed by atoms with Crippen LogP contribution in [0.1, 0.15) is 5.56 Å². The molecule has 0 fully saturated rings. The summed E-state index contributed by atoms with van der Waals surface area (Å²) in [5.74, 6) is 0. The highest BCUT2D eigenvalue weighted by molar-refractivity contribution is 7.26. The van der Waals surface area contributed by atoms with Crippen molar-refractivity contribution in [2.24, 2.45) is 0 Å². The quantitative estimate of drug-likeness (QED) is 0.214. The molecule has 0 aliphatic rings. The lowest BCUT2D eigenvalue weighted by Crippen LogP contribution is -2.11. The zero-order valence-corrected chi connectivity index (χ0v) is 23.7. The van der Waals surface area contributed by atoms with E-state index in [4.69, 9.17) is 4.42 Å². The third-order valence-corrected chi connectivity index (χ3v) is 9.64. The minimum Gasteiger partial charge on any atom is -0.454 e. The number of hydrogen-bond donors (Lipinski definition) is 0. The molecule has 7 aromatic carbocycles. The van der Waals surface area contributed by atoms with Crippen molar-refractivity contribution in [2.45, 2.75) is 0 Å². The van der Waals surface area contributed by atoms with Gasteiger partial charge in [0.25, 0.3) is 0 Å². The van der Waals surface area contributed by atoms with Crippen LogP contribution in [0, 0.1) is 11.3 Å². The Labute approximate surface area is 251 Å². The summed E-state index contributed by atoms with van der Waals surface area (Å²) >= 11 is 1.86. The fraction of sp³-hybridized carbons (Fsp3) is 0. The number of furan rings is 1. The summed E-state index contributed by atoms with van der Waals surface area (Å²) in [6.45, 7) is 0. The van der Waals surface area contributed by atoms with Gasteiger partial charge < -0.3 is 9.32 Å². The molecule has 200 valence electrons. The average molecular weight is 567 g/mol. The molecule has 4 heteroatoms. The SMILES string of the molecule is N#Cc1ccc(N(c2cc3c4cc5ccccc5cc4sc3c3ccccc23)c2cccc3c2oc2ccccc23)cc1. The number of nitrogens with zero attached hydrogens (tertiary/aromatic N) is 2. The molecule has 3 nitrogen and oxygen atoms in total. The van der Waals surface area contributed by atoms with Crippen LogP contribution in [0.5, 0.6) is 0 Å². The Bertz CT molecular complexity index is 2580. The summed E-state index contributed by atoms with van der Waals surface area (Å²) < 4.78 is 9.13. The van der Waals surface area contributed by atoms with Crippen molar-refractivity contribution in [1.29, 1.82) is 5.26 Å². The van der Waals surface area contributed by atoms with Crippen molar-refractivity contribution < 1.29 is 4.42 Å². The molecule has 2 heterocycles. The second-order valence-electron chi connectivity index (χ2n) is 10.9. The van der Waals surface area contributed by atoms with Crippen molar-refractivity contribution in [1.82, 2.24) is 0 Å². The van der Waals surface area contributed by atoms with Crippen LogP contribution in [-0.4, -0.2) is 0 Å². The molecule has 0 aliphatic carbocycles. The highest BCUT2D eigenvalue weighted by atomic mass is 32.1. The Kier molecular flexibility index (Phi) is 5.13. The third-order valence-electron chi connectivity index (χ3n) is 8.44. The molecule has 0 radical (unpaired) electrons. The number of nitriles is 1. The van der Waals surface area contributed by atoms with E-state index in [0.717, 1.165) is 44.4 Å². The van der Waals surface area contributed by atoms with Gasteiger partial charge in [-0.15, -0.1) is 11.3 Å². The molecule has 0 N–H and O–H groups in total. The molecule has 0 bridgehead atoms. The van der Waals surface area contributed by atoms with E-state index in [1.807, 2.05) is 47.7 Å².